The summed E-state index contributed by atoms with van der Waals surface area (Å²) in [6, 6.07) is 0. The van der Waals surface area contributed by atoms with Crippen molar-refractivity contribution in [1.29, 1.82) is 0 Å². The van der Waals surface area contributed by atoms with Crippen LogP contribution in [0.3, 0.4) is 0 Å². The van der Waals surface area contributed by atoms with Crippen LogP contribution in [-0.2, 0) is 0 Å². The molecule has 0 nitrogen and oxygen atoms in total. The van der Waals surface area contributed by atoms with E-state index in [1.54, 1.807) is 12.8 Å². The molecule has 0 aliphatic heterocycles. The highest BCUT2D eigenvalue weighted by Crippen LogP contribution is 2.36. The van der Waals surface area contributed by atoms with Crippen LogP contribution in [0, 0.1) is 23.7 Å². The van der Waals surface area contributed by atoms with Crippen LogP contribution >= 0.6 is 0 Å². The van der Waals surface area contributed by atoms with Crippen molar-refractivity contribution in [1.82, 2.24) is 0 Å². The lowest BCUT2D eigenvalue weighted by Crippen LogP contribution is -2.17. The van der Waals surface area contributed by atoms with E-state index in [0.29, 0.717) is 0 Å². The van der Waals surface area contributed by atoms with Gasteiger partial charge >= 0.3 is 0 Å². The van der Waals surface area contributed by atoms with Gasteiger partial charge in [-0.15, -0.1) is 0 Å². The van der Waals surface area contributed by atoms with Crippen LogP contribution in [0.1, 0.15) is 78.1 Å². The topological polar surface area (TPSA) is 0 Å². The van der Waals surface area contributed by atoms with Gasteiger partial charge in [-0.1, -0.05) is 71.6 Å². The molecule has 0 aromatic rings. The number of hydrogen-bond donors (Lipinski definition) is 0. The molecule has 16 heavy (non-hydrogen) atoms. The molecule has 2 aliphatic carbocycles. The third-order valence-electron chi connectivity index (χ3n) is 5.16. The highest BCUT2D eigenvalue weighted by Gasteiger charge is 2.22. The summed E-state index contributed by atoms with van der Waals surface area (Å²) in [7, 11) is 0. The van der Waals surface area contributed by atoms with Gasteiger partial charge in [0.2, 0.25) is 0 Å². The fraction of sp³-hybridized carbons (Fsp3) is 1.00. The molecule has 0 heteroatoms. The minimum atomic E-state index is 1.02. The molecule has 94 valence electrons. The van der Waals surface area contributed by atoms with E-state index in [4.69, 9.17) is 0 Å². The predicted molar refractivity (Wildman–Crippen MR) is 71.5 cm³/mol. The number of hydrogen-bond acceptors (Lipinski definition) is 0. The van der Waals surface area contributed by atoms with Crippen LogP contribution < -0.4 is 0 Å². The van der Waals surface area contributed by atoms with E-state index in [-0.39, 0.29) is 0 Å². The van der Waals surface area contributed by atoms with Crippen molar-refractivity contribution in [2.75, 3.05) is 0 Å². The van der Waals surface area contributed by atoms with E-state index < -0.39 is 0 Å². The second kappa shape index (κ2) is 6.07. The average molecular weight is 222 g/mol. The van der Waals surface area contributed by atoms with Crippen molar-refractivity contribution in [2.24, 2.45) is 23.7 Å². The van der Waals surface area contributed by atoms with Gasteiger partial charge in [-0.2, -0.15) is 0 Å². The third-order valence-corrected chi connectivity index (χ3v) is 5.16. The lowest BCUT2D eigenvalue weighted by atomic mass is 9.76. The summed E-state index contributed by atoms with van der Waals surface area (Å²) in [5.74, 6) is 4.22. The van der Waals surface area contributed by atoms with Gasteiger partial charge < -0.3 is 0 Å². The van der Waals surface area contributed by atoms with Crippen LogP contribution in [-0.4, -0.2) is 0 Å². The van der Waals surface area contributed by atoms with Crippen LogP contribution in [0.2, 0.25) is 0 Å². The van der Waals surface area contributed by atoms with Gasteiger partial charge in [-0.05, 0) is 30.1 Å². The second-order valence-corrected chi connectivity index (χ2v) is 6.84. The first kappa shape index (κ1) is 12.5. The van der Waals surface area contributed by atoms with Crippen molar-refractivity contribution in [2.45, 2.75) is 78.1 Å². The number of rotatable bonds is 3. The Morgan fingerprint density at radius 2 is 1.38 bits per heavy atom. The van der Waals surface area contributed by atoms with Crippen molar-refractivity contribution in [3.63, 3.8) is 0 Å². The summed E-state index contributed by atoms with van der Waals surface area (Å²) in [6.07, 6.45) is 15.2. The Bertz CT molecular complexity index is 188. The summed E-state index contributed by atoms with van der Waals surface area (Å²) in [4.78, 5) is 0. The molecule has 0 spiro atoms. The maximum absolute atomic E-state index is 2.45. The molecule has 0 bridgehead atoms. The molecule has 0 radical (unpaired) electrons. The molecule has 0 aromatic carbocycles. The average Bonchev–Trinajstić information content (AvgIpc) is 2.28. The van der Waals surface area contributed by atoms with Gasteiger partial charge in [0.05, 0.1) is 0 Å². The highest BCUT2D eigenvalue weighted by molar-refractivity contribution is 4.74. The molecule has 2 atom stereocenters. The van der Waals surface area contributed by atoms with Crippen LogP contribution in [0.25, 0.3) is 0 Å². The fourth-order valence-corrected chi connectivity index (χ4v) is 3.91. The molecule has 0 saturated heterocycles. The van der Waals surface area contributed by atoms with Gasteiger partial charge in [0.15, 0.2) is 0 Å². The van der Waals surface area contributed by atoms with Gasteiger partial charge in [-0.3, -0.25) is 0 Å². The lowest BCUT2D eigenvalue weighted by Gasteiger charge is -2.30. The van der Waals surface area contributed by atoms with Gasteiger partial charge in [0, 0.05) is 0 Å². The maximum atomic E-state index is 2.45. The molecule has 0 heterocycles. The minimum absolute atomic E-state index is 1.02. The van der Waals surface area contributed by atoms with E-state index in [9.17, 15) is 0 Å². The molecular weight excluding hydrogens is 192 g/mol. The molecule has 2 fully saturated rings. The Labute approximate surface area is 102 Å². The smallest absolute Gasteiger partial charge is 0.0412 e. The molecule has 0 amide bonds. The van der Waals surface area contributed by atoms with Gasteiger partial charge in [0.25, 0.3) is 0 Å². The zero-order chi connectivity index (χ0) is 11.4. The highest BCUT2D eigenvalue weighted by atomic mass is 14.3. The molecule has 2 rings (SSSR count). The van der Waals surface area contributed by atoms with E-state index in [2.05, 4.69) is 13.8 Å². The van der Waals surface area contributed by atoms with E-state index in [1.807, 2.05) is 0 Å². The minimum Gasteiger partial charge on any atom is -0.0625 e. The summed E-state index contributed by atoms with van der Waals surface area (Å²) in [5.41, 5.74) is 0. The monoisotopic (exact) mass is 222 g/mol. The first-order chi connectivity index (χ1) is 7.74. The standard InChI is InChI=1S/C16H30/c1-13-6-8-15(9-7-13)10-11-16-5-3-4-14(2)12-16/h13-16H,3-12H2,1-2H3. The summed E-state index contributed by atoms with van der Waals surface area (Å²) in [6.45, 7) is 4.88. The Kier molecular flexibility index (Phi) is 4.73. The van der Waals surface area contributed by atoms with E-state index >= 15 is 0 Å². The fourth-order valence-electron chi connectivity index (χ4n) is 3.91. The SMILES string of the molecule is CC1CCC(CCC2CCCC(C)C2)CC1. The largest absolute Gasteiger partial charge is 0.0625 e. The normalized spacial score (nSPS) is 40.9. The Morgan fingerprint density at radius 1 is 0.688 bits per heavy atom. The molecule has 0 aromatic heterocycles. The zero-order valence-electron chi connectivity index (χ0n) is 11.4. The van der Waals surface area contributed by atoms with Gasteiger partial charge in [-0.25, -0.2) is 0 Å². The molecule has 2 aliphatic rings. The van der Waals surface area contributed by atoms with Crippen molar-refractivity contribution in [3.8, 4) is 0 Å². The zero-order valence-corrected chi connectivity index (χ0v) is 11.4. The summed E-state index contributed by atoms with van der Waals surface area (Å²) in [5, 5.41) is 0. The molecule has 2 saturated carbocycles. The third kappa shape index (κ3) is 3.79. The Balaban J connectivity index is 1.63. The predicted octanol–water partition coefficient (Wildman–Crippen LogP) is 5.42. The maximum Gasteiger partial charge on any atom is -0.0412 e. The molecule has 0 N–H and O–H groups in total. The van der Waals surface area contributed by atoms with Crippen LogP contribution in [0.5, 0.6) is 0 Å². The summed E-state index contributed by atoms with van der Waals surface area (Å²) < 4.78 is 0. The molecular formula is C16H30. The Morgan fingerprint density at radius 3 is 2.06 bits per heavy atom. The van der Waals surface area contributed by atoms with Crippen molar-refractivity contribution >= 4 is 0 Å². The summed E-state index contributed by atoms with van der Waals surface area (Å²) >= 11 is 0. The molecule has 2 unspecified atom stereocenters. The quantitative estimate of drug-likeness (QED) is 0.598. The van der Waals surface area contributed by atoms with E-state index in [0.717, 1.165) is 23.7 Å². The van der Waals surface area contributed by atoms with Crippen molar-refractivity contribution in [3.05, 3.63) is 0 Å². The Hall–Kier alpha value is 0. The van der Waals surface area contributed by atoms with E-state index in [1.165, 1.54) is 51.4 Å². The second-order valence-electron chi connectivity index (χ2n) is 6.84. The van der Waals surface area contributed by atoms with Crippen LogP contribution in [0.4, 0.5) is 0 Å². The van der Waals surface area contributed by atoms with Crippen LogP contribution in [0.15, 0.2) is 0 Å². The first-order valence-corrected chi connectivity index (χ1v) is 7.74. The lowest BCUT2D eigenvalue weighted by molar-refractivity contribution is 0.223. The van der Waals surface area contributed by atoms with Crippen molar-refractivity contribution < 1.29 is 0 Å². The first-order valence-electron chi connectivity index (χ1n) is 7.74. The van der Waals surface area contributed by atoms with Gasteiger partial charge in [0.1, 0.15) is 0 Å².